The Bertz CT molecular complexity index is 298. The molecule has 0 saturated heterocycles. The number of primary amides is 1. The first-order valence-electron chi connectivity index (χ1n) is 5.22. The zero-order chi connectivity index (χ0) is 12.0. The van der Waals surface area contributed by atoms with Crippen molar-refractivity contribution in [2.75, 3.05) is 26.8 Å². The van der Waals surface area contributed by atoms with Crippen LogP contribution in [0.25, 0.3) is 10.4 Å². The van der Waals surface area contributed by atoms with Gasteiger partial charge in [-0.3, -0.25) is 4.79 Å². The number of hydrogen-bond donors (Lipinski definition) is 2. The van der Waals surface area contributed by atoms with Gasteiger partial charge in [0.25, 0.3) is 0 Å². The lowest BCUT2D eigenvalue weighted by atomic mass is 9.93. The molecule has 1 aliphatic carbocycles. The van der Waals surface area contributed by atoms with E-state index in [0.29, 0.717) is 13.1 Å². The summed E-state index contributed by atoms with van der Waals surface area (Å²) < 4.78 is 5.06. The topological polar surface area (TPSA) is 113 Å². The minimum Gasteiger partial charge on any atom is -0.382 e. The summed E-state index contributed by atoms with van der Waals surface area (Å²) in [7, 11) is 1.54. The third kappa shape index (κ3) is 2.85. The van der Waals surface area contributed by atoms with E-state index in [1.807, 2.05) is 0 Å². The summed E-state index contributed by atoms with van der Waals surface area (Å²) in [5, 5.41) is 6.47. The van der Waals surface area contributed by atoms with Crippen LogP contribution in [0.3, 0.4) is 0 Å². The molecule has 1 atom stereocenters. The molecule has 0 aromatic carbocycles. The summed E-state index contributed by atoms with van der Waals surface area (Å²) in [6.07, 6.45) is 1.95. The van der Waals surface area contributed by atoms with Crippen molar-refractivity contribution < 1.29 is 9.53 Å². The van der Waals surface area contributed by atoms with Crippen molar-refractivity contribution in [2.45, 2.75) is 18.4 Å². The summed E-state index contributed by atoms with van der Waals surface area (Å²) in [4.78, 5) is 14.2. The molecule has 1 rings (SSSR count). The zero-order valence-electron chi connectivity index (χ0n) is 9.35. The van der Waals surface area contributed by atoms with Crippen LogP contribution in [0.5, 0.6) is 0 Å². The third-order valence-electron chi connectivity index (χ3n) is 2.80. The molecule has 0 aliphatic heterocycles. The summed E-state index contributed by atoms with van der Waals surface area (Å²) in [5.74, 6) is -0.172. The Kier molecular flexibility index (Phi) is 4.54. The normalized spacial score (nSPS) is 18.6. The molecule has 7 heteroatoms. The van der Waals surface area contributed by atoms with Gasteiger partial charge in [-0.2, -0.15) is 0 Å². The van der Waals surface area contributed by atoms with Crippen LogP contribution in [0.4, 0.5) is 0 Å². The summed E-state index contributed by atoms with van der Waals surface area (Å²) in [6.45, 7) is 0.970. The van der Waals surface area contributed by atoms with Crippen LogP contribution in [0.15, 0.2) is 5.11 Å². The molecule has 1 saturated carbocycles. The number of carbonyl (C=O) groups is 1. The average molecular weight is 227 g/mol. The molecule has 0 spiro atoms. The fraction of sp³-hybridized carbons (Fsp3) is 0.889. The number of nitrogens with two attached hydrogens (primary N) is 1. The van der Waals surface area contributed by atoms with E-state index in [-0.39, 0.29) is 12.5 Å². The van der Waals surface area contributed by atoms with Gasteiger partial charge in [0, 0.05) is 25.1 Å². The van der Waals surface area contributed by atoms with Gasteiger partial charge in [-0.05, 0) is 24.3 Å². The predicted octanol–water partition coefficient (Wildman–Crippen LogP) is 0.167. The van der Waals surface area contributed by atoms with Gasteiger partial charge in [-0.15, -0.1) is 0 Å². The monoisotopic (exact) mass is 227 g/mol. The number of ether oxygens (including phenoxy) is 1. The lowest BCUT2D eigenvalue weighted by molar-refractivity contribution is -0.127. The molecule has 0 radical (unpaired) electrons. The van der Waals surface area contributed by atoms with Crippen molar-refractivity contribution >= 4 is 5.91 Å². The molecule has 90 valence electrons. The summed E-state index contributed by atoms with van der Waals surface area (Å²) in [5.41, 5.74) is 12.8. The lowest BCUT2D eigenvalue weighted by Gasteiger charge is -2.31. The highest BCUT2D eigenvalue weighted by Crippen LogP contribution is 2.39. The van der Waals surface area contributed by atoms with Crippen molar-refractivity contribution in [1.82, 2.24) is 5.32 Å². The van der Waals surface area contributed by atoms with Crippen LogP contribution >= 0.6 is 0 Å². The molecule has 1 unspecified atom stereocenters. The van der Waals surface area contributed by atoms with Crippen LogP contribution in [0.1, 0.15) is 12.8 Å². The average Bonchev–Trinajstić information content (AvgIpc) is 3.06. The largest absolute Gasteiger partial charge is 0.382 e. The molecule has 7 nitrogen and oxygen atoms in total. The quantitative estimate of drug-likeness (QED) is 0.266. The van der Waals surface area contributed by atoms with E-state index in [2.05, 4.69) is 15.3 Å². The van der Waals surface area contributed by atoms with E-state index in [4.69, 9.17) is 16.0 Å². The number of amides is 1. The molecular formula is C9H17N5O2. The fourth-order valence-corrected chi connectivity index (χ4v) is 1.85. The van der Waals surface area contributed by atoms with Crippen LogP contribution in [-0.2, 0) is 9.53 Å². The Morgan fingerprint density at radius 2 is 2.44 bits per heavy atom. The summed E-state index contributed by atoms with van der Waals surface area (Å²) in [6, 6.07) is 0. The van der Waals surface area contributed by atoms with Crippen LogP contribution in [-0.4, -0.2) is 38.3 Å². The van der Waals surface area contributed by atoms with E-state index in [1.54, 1.807) is 0 Å². The van der Waals surface area contributed by atoms with E-state index in [9.17, 15) is 4.79 Å². The molecule has 0 bridgehead atoms. The van der Waals surface area contributed by atoms with Gasteiger partial charge in [0.1, 0.15) is 5.54 Å². The molecule has 0 aromatic heterocycles. The number of nitrogens with zero attached hydrogens (tertiary/aromatic N) is 3. The number of hydrogen-bond acceptors (Lipinski definition) is 4. The van der Waals surface area contributed by atoms with Gasteiger partial charge < -0.3 is 15.8 Å². The van der Waals surface area contributed by atoms with Crippen molar-refractivity contribution in [3.8, 4) is 0 Å². The number of azide groups is 1. The second-order valence-corrected chi connectivity index (χ2v) is 3.92. The SMILES string of the molecule is COCC(NCCN=[N+]=[N-])(C(N)=O)C1CC1. The highest BCUT2D eigenvalue weighted by Gasteiger charge is 2.49. The lowest BCUT2D eigenvalue weighted by Crippen LogP contribution is -2.60. The molecule has 0 aromatic rings. The number of rotatable bonds is 8. The molecule has 1 aliphatic rings. The Balaban J connectivity index is 2.60. The number of carbonyl (C=O) groups excluding carboxylic acids is 1. The first-order valence-corrected chi connectivity index (χ1v) is 5.22. The van der Waals surface area contributed by atoms with E-state index in [0.717, 1.165) is 12.8 Å². The van der Waals surface area contributed by atoms with Crippen molar-refractivity contribution in [2.24, 2.45) is 16.8 Å². The van der Waals surface area contributed by atoms with Gasteiger partial charge in [-0.1, -0.05) is 5.11 Å². The van der Waals surface area contributed by atoms with E-state index >= 15 is 0 Å². The zero-order valence-corrected chi connectivity index (χ0v) is 9.35. The Hall–Kier alpha value is -1.30. The smallest absolute Gasteiger partial charge is 0.240 e. The fourth-order valence-electron chi connectivity index (χ4n) is 1.85. The minimum atomic E-state index is -0.806. The molecular weight excluding hydrogens is 210 g/mol. The van der Waals surface area contributed by atoms with Crippen molar-refractivity contribution in [3.63, 3.8) is 0 Å². The molecule has 16 heavy (non-hydrogen) atoms. The van der Waals surface area contributed by atoms with Crippen LogP contribution < -0.4 is 11.1 Å². The first kappa shape index (κ1) is 12.8. The molecule has 1 fully saturated rings. The standard InChI is InChI=1S/C9H17N5O2/c1-16-6-9(8(10)15,7-2-3-7)12-4-5-13-14-11/h7,12H,2-6H2,1H3,(H2,10,15). The van der Waals surface area contributed by atoms with Gasteiger partial charge in [0.15, 0.2) is 0 Å². The molecule has 1 amide bonds. The van der Waals surface area contributed by atoms with E-state index in [1.165, 1.54) is 7.11 Å². The highest BCUT2D eigenvalue weighted by atomic mass is 16.5. The third-order valence-corrected chi connectivity index (χ3v) is 2.80. The van der Waals surface area contributed by atoms with Crippen molar-refractivity contribution in [3.05, 3.63) is 10.4 Å². The second-order valence-electron chi connectivity index (χ2n) is 3.92. The second kappa shape index (κ2) is 5.69. The molecule has 3 N–H and O–H groups in total. The van der Waals surface area contributed by atoms with Gasteiger partial charge in [-0.25, -0.2) is 0 Å². The summed E-state index contributed by atoms with van der Waals surface area (Å²) >= 11 is 0. The van der Waals surface area contributed by atoms with Crippen LogP contribution in [0.2, 0.25) is 0 Å². The Morgan fingerprint density at radius 1 is 1.75 bits per heavy atom. The van der Waals surface area contributed by atoms with Gasteiger partial charge in [0.2, 0.25) is 5.91 Å². The van der Waals surface area contributed by atoms with Gasteiger partial charge in [0.05, 0.1) is 6.61 Å². The van der Waals surface area contributed by atoms with E-state index < -0.39 is 11.4 Å². The number of methoxy groups -OCH3 is 1. The maximum absolute atomic E-state index is 11.5. The maximum Gasteiger partial charge on any atom is 0.240 e. The number of nitrogens with one attached hydrogen (secondary N) is 1. The predicted molar refractivity (Wildman–Crippen MR) is 58.5 cm³/mol. The highest BCUT2D eigenvalue weighted by molar-refractivity contribution is 5.85. The Labute approximate surface area is 94.0 Å². The van der Waals surface area contributed by atoms with Gasteiger partial charge >= 0.3 is 0 Å². The Morgan fingerprint density at radius 3 is 2.88 bits per heavy atom. The molecule has 0 heterocycles. The van der Waals surface area contributed by atoms with Crippen LogP contribution in [0, 0.1) is 5.92 Å². The minimum absolute atomic E-state index is 0.232. The maximum atomic E-state index is 11.5. The van der Waals surface area contributed by atoms with Crippen molar-refractivity contribution in [1.29, 1.82) is 0 Å². The first-order chi connectivity index (χ1) is 7.67.